The summed E-state index contributed by atoms with van der Waals surface area (Å²) < 4.78 is 14.6. The van der Waals surface area contributed by atoms with Crippen molar-refractivity contribution in [3.05, 3.63) is 68.9 Å². The molecular formula is C23H23FN4O4. The van der Waals surface area contributed by atoms with Crippen molar-refractivity contribution in [1.82, 2.24) is 14.5 Å². The normalized spacial score (nSPS) is 13.8. The Morgan fingerprint density at radius 1 is 1.22 bits per heavy atom. The fourth-order valence-corrected chi connectivity index (χ4v) is 4.09. The van der Waals surface area contributed by atoms with E-state index in [1.54, 1.807) is 30.0 Å². The molecule has 9 heteroatoms. The minimum atomic E-state index is -1.05. The van der Waals surface area contributed by atoms with E-state index in [-0.39, 0.29) is 30.3 Å². The average Bonchev–Trinajstić information content (AvgIpc) is 3.15. The molecule has 0 saturated carbocycles. The predicted molar refractivity (Wildman–Crippen MR) is 116 cm³/mol. The lowest BCUT2D eigenvalue weighted by Gasteiger charge is -2.19. The summed E-state index contributed by atoms with van der Waals surface area (Å²) in [5.74, 6) is -1.92. The second-order valence-corrected chi connectivity index (χ2v) is 7.93. The van der Waals surface area contributed by atoms with Gasteiger partial charge in [-0.3, -0.25) is 14.4 Å². The van der Waals surface area contributed by atoms with E-state index in [0.717, 1.165) is 17.5 Å². The first-order valence-corrected chi connectivity index (χ1v) is 10.3. The monoisotopic (exact) mass is 438 g/mol. The molecule has 0 aliphatic carbocycles. The average molecular weight is 438 g/mol. The van der Waals surface area contributed by atoms with Crippen LogP contribution in [0.3, 0.4) is 0 Å². The molecule has 32 heavy (non-hydrogen) atoms. The SMILES string of the molecule is Cc1nc2c(O)c(C(N)=O)c(=O)n(CCN3CCCC3=O)c2cc1Cc1ccc(F)cc1. The Morgan fingerprint density at radius 2 is 1.94 bits per heavy atom. The number of primary amides is 1. The van der Waals surface area contributed by atoms with Crippen LogP contribution in [0.4, 0.5) is 4.39 Å². The molecule has 3 N–H and O–H groups in total. The van der Waals surface area contributed by atoms with Crippen molar-refractivity contribution in [3.8, 4) is 5.75 Å². The van der Waals surface area contributed by atoms with Crippen LogP contribution in [0.1, 0.15) is 40.0 Å². The molecule has 1 aromatic carbocycles. The van der Waals surface area contributed by atoms with E-state index in [1.165, 1.54) is 16.7 Å². The van der Waals surface area contributed by atoms with Gasteiger partial charge in [-0.15, -0.1) is 0 Å². The number of carbonyl (C=O) groups excluding carboxylic acids is 2. The van der Waals surface area contributed by atoms with Crippen LogP contribution < -0.4 is 11.3 Å². The number of aromatic hydroxyl groups is 1. The van der Waals surface area contributed by atoms with E-state index in [2.05, 4.69) is 4.98 Å². The van der Waals surface area contributed by atoms with Crippen LogP contribution in [0.2, 0.25) is 0 Å². The fraction of sp³-hybridized carbons (Fsp3) is 0.304. The number of carbonyl (C=O) groups is 2. The topological polar surface area (TPSA) is 119 Å². The fourth-order valence-electron chi connectivity index (χ4n) is 4.09. The quantitative estimate of drug-likeness (QED) is 0.609. The van der Waals surface area contributed by atoms with Crippen LogP contribution in [0.25, 0.3) is 11.0 Å². The van der Waals surface area contributed by atoms with Crippen LogP contribution in [0.15, 0.2) is 35.1 Å². The number of likely N-dealkylation sites (tertiary alicyclic amines) is 1. The highest BCUT2D eigenvalue weighted by atomic mass is 19.1. The van der Waals surface area contributed by atoms with Gasteiger partial charge in [-0.25, -0.2) is 9.37 Å². The molecule has 2 amide bonds. The molecule has 2 aromatic heterocycles. The van der Waals surface area contributed by atoms with Crippen molar-refractivity contribution >= 4 is 22.8 Å². The van der Waals surface area contributed by atoms with Gasteiger partial charge in [0.15, 0.2) is 5.75 Å². The highest BCUT2D eigenvalue weighted by molar-refractivity contribution is 6.00. The number of amides is 2. The van der Waals surface area contributed by atoms with Crippen molar-refractivity contribution in [3.63, 3.8) is 0 Å². The van der Waals surface area contributed by atoms with Gasteiger partial charge in [-0.1, -0.05) is 12.1 Å². The molecule has 3 heterocycles. The summed E-state index contributed by atoms with van der Waals surface area (Å²) in [6, 6.07) is 7.80. The molecule has 1 fully saturated rings. The number of nitrogens with zero attached hydrogens (tertiary/aromatic N) is 3. The maximum absolute atomic E-state index is 13.3. The summed E-state index contributed by atoms with van der Waals surface area (Å²) >= 11 is 0. The second-order valence-electron chi connectivity index (χ2n) is 7.93. The van der Waals surface area contributed by atoms with Gasteiger partial charge >= 0.3 is 0 Å². The van der Waals surface area contributed by atoms with Gasteiger partial charge in [-0.2, -0.15) is 0 Å². The number of benzene rings is 1. The Bertz CT molecular complexity index is 1280. The highest BCUT2D eigenvalue weighted by Crippen LogP contribution is 2.27. The van der Waals surface area contributed by atoms with E-state index >= 15 is 0 Å². The largest absolute Gasteiger partial charge is 0.505 e. The van der Waals surface area contributed by atoms with Crippen molar-refractivity contribution < 1.29 is 19.1 Å². The molecule has 0 spiro atoms. The zero-order chi connectivity index (χ0) is 23.0. The Balaban J connectivity index is 1.83. The van der Waals surface area contributed by atoms with Crippen LogP contribution >= 0.6 is 0 Å². The van der Waals surface area contributed by atoms with Crippen LogP contribution in [-0.2, 0) is 17.8 Å². The Labute approximate surface area is 183 Å². The first-order valence-electron chi connectivity index (χ1n) is 10.3. The number of rotatable bonds is 6. The highest BCUT2D eigenvalue weighted by Gasteiger charge is 2.24. The third-order valence-electron chi connectivity index (χ3n) is 5.83. The molecule has 3 aromatic rings. The summed E-state index contributed by atoms with van der Waals surface area (Å²) in [5, 5.41) is 10.6. The van der Waals surface area contributed by atoms with E-state index in [4.69, 9.17) is 5.73 Å². The second kappa shape index (κ2) is 8.41. The number of fused-ring (bicyclic) bond motifs is 1. The number of halogens is 1. The van der Waals surface area contributed by atoms with Gasteiger partial charge in [0.05, 0.1) is 5.52 Å². The lowest BCUT2D eigenvalue weighted by atomic mass is 10.0. The Kier molecular flexibility index (Phi) is 5.65. The zero-order valence-corrected chi connectivity index (χ0v) is 17.6. The number of pyridine rings is 2. The number of hydrogen-bond acceptors (Lipinski definition) is 5. The molecule has 0 bridgehead atoms. The van der Waals surface area contributed by atoms with Gasteiger partial charge in [0.25, 0.3) is 11.5 Å². The summed E-state index contributed by atoms with van der Waals surface area (Å²) in [4.78, 5) is 43.1. The maximum atomic E-state index is 13.3. The molecule has 0 radical (unpaired) electrons. The molecule has 8 nitrogen and oxygen atoms in total. The van der Waals surface area contributed by atoms with E-state index in [0.29, 0.717) is 30.6 Å². The molecule has 0 atom stereocenters. The molecule has 4 rings (SSSR count). The van der Waals surface area contributed by atoms with Crippen LogP contribution in [-0.4, -0.2) is 44.5 Å². The molecule has 166 valence electrons. The van der Waals surface area contributed by atoms with Crippen molar-refractivity contribution in [2.45, 2.75) is 32.7 Å². The van der Waals surface area contributed by atoms with E-state index < -0.39 is 22.8 Å². The summed E-state index contributed by atoms with van der Waals surface area (Å²) in [7, 11) is 0. The third kappa shape index (κ3) is 3.93. The van der Waals surface area contributed by atoms with E-state index in [1.807, 2.05) is 0 Å². The lowest BCUT2D eigenvalue weighted by molar-refractivity contribution is -0.127. The Morgan fingerprint density at radius 3 is 2.56 bits per heavy atom. The number of hydrogen-bond donors (Lipinski definition) is 2. The summed E-state index contributed by atoms with van der Waals surface area (Å²) in [6.45, 7) is 2.78. The zero-order valence-electron chi connectivity index (χ0n) is 17.6. The van der Waals surface area contributed by atoms with Crippen molar-refractivity contribution in [2.24, 2.45) is 5.73 Å². The van der Waals surface area contributed by atoms with Crippen LogP contribution in [0.5, 0.6) is 5.75 Å². The minimum Gasteiger partial charge on any atom is -0.505 e. The van der Waals surface area contributed by atoms with Gasteiger partial charge < -0.3 is 20.3 Å². The molecule has 1 aliphatic heterocycles. The predicted octanol–water partition coefficient (Wildman–Crippen LogP) is 1.86. The number of aromatic nitrogens is 2. The van der Waals surface area contributed by atoms with Crippen LogP contribution in [0, 0.1) is 12.7 Å². The summed E-state index contributed by atoms with van der Waals surface area (Å²) in [5.41, 5.74) is 6.76. The molecule has 1 aliphatic rings. The lowest BCUT2D eigenvalue weighted by Crippen LogP contribution is -2.35. The molecule has 0 unspecified atom stereocenters. The first-order chi connectivity index (χ1) is 15.3. The van der Waals surface area contributed by atoms with Gasteiger partial charge in [0.2, 0.25) is 5.91 Å². The number of nitrogens with two attached hydrogens (primary N) is 1. The summed E-state index contributed by atoms with van der Waals surface area (Å²) in [6.07, 6.45) is 1.67. The van der Waals surface area contributed by atoms with Crippen molar-refractivity contribution in [1.29, 1.82) is 0 Å². The minimum absolute atomic E-state index is 0.0159. The smallest absolute Gasteiger partial charge is 0.267 e. The van der Waals surface area contributed by atoms with Crippen molar-refractivity contribution in [2.75, 3.05) is 13.1 Å². The maximum Gasteiger partial charge on any atom is 0.267 e. The van der Waals surface area contributed by atoms with Gasteiger partial charge in [0, 0.05) is 31.7 Å². The van der Waals surface area contributed by atoms with Gasteiger partial charge in [0.1, 0.15) is 16.9 Å². The molecular weight excluding hydrogens is 415 g/mol. The number of aryl methyl sites for hydroxylation is 1. The standard InChI is InChI=1S/C23H23FN4O4/c1-13-15(11-14-4-6-16(24)7-5-14)12-17-20(26-13)21(30)19(22(25)31)23(32)28(17)10-9-27-8-2-3-18(27)29/h4-7,12,30H,2-3,8-11H2,1H3,(H2,25,31). The third-order valence-corrected chi connectivity index (χ3v) is 5.83. The van der Waals surface area contributed by atoms with Gasteiger partial charge in [-0.05, 0) is 49.1 Å². The van der Waals surface area contributed by atoms with E-state index in [9.17, 15) is 23.9 Å². The molecule has 1 saturated heterocycles. The first kappa shape index (κ1) is 21.5. The Hall–Kier alpha value is -3.75.